The molecule has 8 nitrogen and oxygen atoms in total. The fourth-order valence-electron chi connectivity index (χ4n) is 4.55. The van der Waals surface area contributed by atoms with Crippen LogP contribution in [0, 0.1) is 0 Å². The number of rotatable bonds is 16. The molecule has 202 valence electrons. The maximum Gasteiger partial charge on any atom is 0.262 e. The molecule has 0 bridgehead atoms. The molecule has 1 atom stereocenters. The number of amides is 2. The maximum atomic E-state index is 13.1. The lowest BCUT2D eigenvalue weighted by atomic mass is 10.1. The normalized spacial score (nSPS) is 13.4. The van der Waals surface area contributed by atoms with Crippen molar-refractivity contribution in [1.82, 2.24) is 15.5 Å². The molecule has 0 aliphatic carbocycles. The van der Waals surface area contributed by atoms with Crippen LogP contribution in [0.3, 0.4) is 0 Å². The third-order valence-corrected chi connectivity index (χ3v) is 6.71. The number of phenols is 1. The highest BCUT2D eigenvalue weighted by Crippen LogP contribution is 2.39. The largest absolute Gasteiger partial charge is 0.506 e. The zero-order chi connectivity index (χ0) is 26.5. The van der Waals surface area contributed by atoms with Crippen molar-refractivity contribution in [2.45, 2.75) is 58.4 Å². The summed E-state index contributed by atoms with van der Waals surface area (Å²) in [5.74, 6) is 0.455. The van der Waals surface area contributed by atoms with Crippen molar-refractivity contribution in [2.24, 2.45) is 0 Å². The van der Waals surface area contributed by atoms with Gasteiger partial charge in [-0.1, -0.05) is 56.2 Å². The van der Waals surface area contributed by atoms with Gasteiger partial charge in [0.05, 0.1) is 0 Å². The van der Waals surface area contributed by atoms with Crippen molar-refractivity contribution >= 4 is 17.5 Å². The summed E-state index contributed by atoms with van der Waals surface area (Å²) in [5, 5.41) is 19.6. The summed E-state index contributed by atoms with van der Waals surface area (Å²) in [7, 11) is 0. The Bertz CT molecular complexity index is 999. The average Bonchev–Trinajstić information content (AvgIpc) is 2.91. The molecule has 1 aliphatic heterocycles. The van der Waals surface area contributed by atoms with Gasteiger partial charge in [-0.3, -0.25) is 9.59 Å². The summed E-state index contributed by atoms with van der Waals surface area (Å²) >= 11 is 0. The third kappa shape index (κ3) is 9.05. The molecule has 0 spiro atoms. The number of ether oxygens (including phenoxy) is 1. The van der Waals surface area contributed by atoms with Crippen LogP contribution in [0.5, 0.6) is 11.5 Å². The number of hydrogen-bond acceptors (Lipinski definition) is 6. The van der Waals surface area contributed by atoms with E-state index in [0.717, 1.165) is 37.8 Å². The second-order valence-electron chi connectivity index (χ2n) is 9.60. The van der Waals surface area contributed by atoms with Crippen LogP contribution in [0.2, 0.25) is 0 Å². The number of unbranched alkanes of at least 4 members (excludes halogenated alkanes) is 1. The minimum atomic E-state index is -0.272. The monoisotopic (exact) mass is 510 g/mol. The first-order valence-corrected chi connectivity index (χ1v) is 13.5. The summed E-state index contributed by atoms with van der Waals surface area (Å²) in [6, 6.07) is 14.0. The van der Waals surface area contributed by atoms with Gasteiger partial charge in [-0.15, -0.1) is 0 Å². The van der Waals surface area contributed by atoms with E-state index in [-0.39, 0.29) is 30.2 Å². The molecule has 2 aromatic rings. The van der Waals surface area contributed by atoms with Gasteiger partial charge in [-0.25, -0.2) is 0 Å². The van der Waals surface area contributed by atoms with Gasteiger partial charge < -0.3 is 30.7 Å². The van der Waals surface area contributed by atoms with Gasteiger partial charge in [-0.2, -0.15) is 0 Å². The van der Waals surface area contributed by atoms with Crippen LogP contribution < -0.4 is 20.7 Å². The van der Waals surface area contributed by atoms with Crippen LogP contribution in [-0.4, -0.2) is 67.2 Å². The van der Waals surface area contributed by atoms with E-state index >= 15 is 0 Å². The van der Waals surface area contributed by atoms with E-state index in [9.17, 15) is 14.7 Å². The third-order valence-electron chi connectivity index (χ3n) is 6.71. The Morgan fingerprint density at radius 2 is 1.84 bits per heavy atom. The van der Waals surface area contributed by atoms with E-state index in [1.54, 1.807) is 6.07 Å². The first kappa shape index (κ1) is 28.5. The summed E-state index contributed by atoms with van der Waals surface area (Å²) in [6.45, 7) is 7.86. The van der Waals surface area contributed by atoms with E-state index < -0.39 is 0 Å². The molecular weight excluding hydrogens is 468 g/mol. The van der Waals surface area contributed by atoms with E-state index in [1.165, 1.54) is 5.56 Å². The molecule has 0 saturated carbocycles. The van der Waals surface area contributed by atoms with Crippen molar-refractivity contribution in [1.29, 1.82) is 0 Å². The second-order valence-corrected chi connectivity index (χ2v) is 9.60. The predicted molar refractivity (Wildman–Crippen MR) is 147 cm³/mol. The number of benzene rings is 2. The molecular formula is C29H42N4O4. The van der Waals surface area contributed by atoms with Gasteiger partial charge in [0, 0.05) is 32.1 Å². The number of nitrogens with one attached hydrogen (secondary N) is 3. The Morgan fingerprint density at radius 1 is 1.08 bits per heavy atom. The van der Waals surface area contributed by atoms with Crippen LogP contribution in [0.1, 0.15) is 50.7 Å². The van der Waals surface area contributed by atoms with Gasteiger partial charge in [0.2, 0.25) is 5.91 Å². The molecule has 0 aromatic heterocycles. The highest BCUT2D eigenvalue weighted by atomic mass is 16.5. The van der Waals surface area contributed by atoms with E-state index in [2.05, 4.69) is 41.9 Å². The van der Waals surface area contributed by atoms with Crippen molar-refractivity contribution < 1.29 is 19.4 Å². The predicted octanol–water partition coefficient (Wildman–Crippen LogP) is 3.48. The van der Waals surface area contributed by atoms with Crippen molar-refractivity contribution in [3.63, 3.8) is 0 Å². The molecule has 4 N–H and O–H groups in total. The van der Waals surface area contributed by atoms with Gasteiger partial charge in [0.15, 0.2) is 12.4 Å². The summed E-state index contributed by atoms with van der Waals surface area (Å²) in [5.41, 5.74) is 2.56. The molecule has 1 heterocycles. The van der Waals surface area contributed by atoms with E-state index in [1.807, 2.05) is 29.2 Å². The Kier molecular flexibility index (Phi) is 11.7. The lowest BCUT2D eigenvalue weighted by Gasteiger charge is -2.30. The summed E-state index contributed by atoms with van der Waals surface area (Å²) in [4.78, 5) is 26.7. The molecule has 2 amide bonds. The van der Waals surface area contributed by atoms with E-state index in [4.69, 9.17) is 4.74 Å². The Balaban J connectivity index is 1.42. The fraction of sp³-hybridized carbons (Fsp3) is 0.517. The van der Waals surface area contributed by atoms with Crippen molar-refractivity contribution in [3.8, 4) is 11.5 Å². The first-order chi connectivity index (χ1) is 18.0. The van der Waals surface area contributed by atoms with Crippen molar-refractivity contribution in [3.05, 3.63) is 53.6 Å². The molecule has 0 saturated heterocycles. The number of aromatic hydroxyl groups is 1. The molecule has 37 heavy (non-hydrogen) atoms. The molecule has 0 unspecified atom stereocenters. The minimum absolute atomic E-state index is 0.00420. The molecule has 0 fully saturated rings. The number of anilines is 1. The van der Waals surface area contributed by atoms with E-state index in [0.29, 0.717) is 50.5 Å². The summed E-state index contributed by atoms with van der Waals surface area (Å²) < 4.78 is 5.56. The zero-order valence-corrected chi connectivity index (χ0v) is 22.2. The molecule has 2 aromatic carbocycles. The molecule has 3 rings (SSSR count). The highest BCUT2D eigenvalue weighted by Gasteiger charge is 2.22. The number of hydrogen-bond donors (Lipinski definition) is 4. The minimum Gasteiger partial charge on any atom is -0.506 e. The Morgan fingerprint density at radius 3 is 2.62 bits per heavy atom. The van der Waals surface area contributed by atoms with Crippen LogP contribution >= 0.6 is 0 Å². The fourth-order valence-corrected chi connectivity index (χ4v) is 4.55. The highest BCUT2D eigenvalue weighted by molar-refractivity contribution is 5.97. The lowest BCUT2D eigenvalue weighted by Crippen LogP contribution is -2.43. The quantitative estimate of drug-likeness (QED) is 0.204. The average molecular weight is 511 g/mol. The number of fused-ring (bicyclic) bond motifs is 1. The van der Waals surface area contributed by atoms with Crippen LogP contribution in [0.15, 0.2) is 42.5 Å². The van der Waals surface area contributed by atoms with Crippen molar-refractivity contribution in [2.75, 3.05) is 44.6 Å². The number of carbonyl (C=O) groups excluding carboxylic acids is 2. The van der Waals surface area contributed by atoms with Crippen LogP contribution in [-0.2, 0) is 22.4 Å². The molecule has 8 heteroatoms. The first-order valence-electron chi connectivity index (χ1n) is 13.5. The smallest absolute Gasteiger partial charge is 0.262 e. The second kappa shape index (κ2) is 15.2. The van der Waals surface area contributed by atoms with Gasteiger partial charge in [-0.05, 0) is 56.5 Å². The topological polar surface area (TPSA) is 103 Å². The van der Waals surface area contributed by atoms with Gasteiger partial charge in [0.25, 0.3) is 5.91 Å². The Hall–Kier alpha value is -3.10. The number of carbonyl (C=O) groups is 2. The number of phenolic OH excluding ortho intramolecular Hbond substituents is 1. The molecule has 1 aliphatic rings. The van der Waals surface area contributed by atoms with Gasteiger partial charge >= 0.3 is 0 Å². The lowest BCUT2D eigenvalue weighted by molar-refractivity contribution is -0.133. The zero-order valence-electron chi connectivity index (χ0n) is 22.2. The van der Waals surface area contributed by atoms with Gasteiger partial charge in [0.1, 0.15) is 11.4 Å². The standard InChI is InChI=1S/C29H42N4O4/c1-3-4-8-22(2)33(27(36)15-18-30-16-13-23-9-6-5-7-10-23)20-19-31-17-14-24-11-12-25(34)28-29(24)37-21-26(35)32-28/h5-7,9-12,22,30-31,34H,3-4,8,13-21H2,1-2H3,(H,32,35)/t22-/m1/s1. The Labute approximate surface area is 220 Å². The number of nitrogens with zero attached hydrogens (tertiary/aromatic N) is 1. The van der Waals surface area contributed by atoms with Crippen LogP contribution in [0.25, 0.3) is 0 Å². The summed E-state index contributed by atoms with van der Waals surface area (Å²) in [6.07, 6.45) is 5.36. The SMILES string of the molecule is CCCC[C@@H](C)N(CCNCCc1ccc(O)c2c1OCC(=O)N2)C(=O)CCNCCc1ccccc1. The molecule has 0 radical (unpaired) electrons. The van der Waals surface area contributed by atoms with Crippen LogP contribution in [0.4, 0.5) is 5.69 Å². The maximum absolute atomic E-state index is 13.1.